The van der Waals surface area contributed by atoms with Crippen molar-refractivity contribution in [3.63, 3.8) is 0 Å². The quantitative estimate of drug-likeness (QED) is 0.277. The topological polar surface area (TPSA) is 52.2 Å². The maximum Gasteiger partial charge on any atom is 0.417 e. The van der Waals surface area contributed by atoms with Gasteiger partial charge in [0.05, 0.1) is 16.3 Å². The highest BCUT2D eigenvalue weighted by atomic mass is 35.5. The number of rotatable bonds is 5. The van der Waals surface area contributed by atoms with Crippen LogP contribution in [-0.2, 0) is 6.18 Å². The highest BCUT2D eigenvalue weighted by Gasteiger charge is 2.32. The molecule has 3 aromatic heterocycles. The number of benzene rings is 1. The molecule has 0 atom stereocenters. The normalized spacial score (nSPS) is 11.9. The Morgan fingerprint density at radius 2 is 1.84 bits per heavy atom. The minimum atomic E-state index is -4.56. The zero-order valence-corrected chi connectivity index (χ0v) is 18.0. The van der Waals surface area contributed by atoms with Gasteiger partial charge in [-0.2, -0.15) is 13.2 Å². The molecule has 0 radical (unpaired) electrons. The van der Waals surface area contributed by atoms with Gasteiger partial charge in [0.1, 0.15) is 0 Å². The molecular weight excluding hydrogens is 449 g/mol. The van der Waals surface area contributed by atoms with E-state index in [2.05, 4.69) is 10.2 Å². The Hall–Kier alpha value is -2.78. The standard InChI is InChI=1S/C21H16ClF3N4OS/c1-12-8-16(13(2)29(12)15-6-4-3-5-7-15)18(30)11-31-20-27-26-19-17(22)9-14(10-28(19)20)21(23,24)25/h3-10H,11H2,1-2H3. The van der Waals surface area contributed by atoms with Crippen molar-refractivity contribution >= 4 is 34.8 Å². The lowest BCUT2D eigenvalue weighted by Crippen LogP contribution is -2.08. The molecule has 4 aromatic rings. The Balaban J connectivity index is 1.60. The van der Waals surface area contributed by atoms with Crippen molar-refractivity contribution in [1.82, 2.24) is 19.2 Å². The molecule has 3 heterocycles. The molecule has 10 heteroatoms. The van der Waals surface area contributed by atoms with E-state index in [4.69, 9.17) is 11.6 Å². The number of aromatic nitrogens is 4. The fourth-order valence-electron chi connectivity index (χ4n) is 3.41. The number of aryl methyl sites for hydroxylation is 1. The second kappa shape index (κ2) is 8.05. The summed E-state index contributed by atoms with van der Waals surface area (Å²) in [6, 6.07) is 12.3. The van der Waals surface area contributed by atoms with Crippen molar-refractivity contribution in [2.45, 2.75) is 25.2 Å². The number of hydrogen-bond donors (Lipinski definition) is 0. The van der Waals surface area contributed by atoms with Crippen LogP contribution in [0, 0.1) is 13.8 Å². The van der Waals surface area contributed by atoms with Crippen molar-refractivity contribution in [1.29, 1.82) is 0 Å². The molecule has 1 aromatic carbocycles. The Bertz CT molecular complexity index is 1280. The van der Waals surface area contributed by atoms with Gasteiger partial charge in [0.25, 0.3) is 0 Å². The molecule has 0 aliphatic heterocycles. The van der Waals surface area contributed by atoms with Crippen molar-refractivity contribution < 1.29 is 18.0 Å². The van der Waals surface area contributed by atoms with Gasteiger partial charge in [0.15, 0.2) is 16.6 Å². The van der Waals surface area contributed by atoms with Gasteiger partial charge in [-0.25, -0.2) is 0 Å². The molecule has 0 saturated carbocycles. The van der Waals surface area contributed by atoms with Crippen molar-refractivity contribution in [2.24, 2.45) is 0 Å². The lowest BCUT2D eigenvalue weighted by Gasteiger charge is -2.09. The summed E-state index contributed by atoms with van der Waals surface area (Å²) < 4.78 is 42.5. The Labute approximate surface area is 184 Å². The number of nitrogens with zero attached hydrogens (tertiary/aromatic N) is 4. The van der Waals surface area contributed by atoms with Crippen LogP contribution in [0.4, 0.5) is 13.2 Å². The van der Waals surface area contributed by atoms with Gasteiger partial charge >= 0.3 is 6.18 Å². The summed E-state index contributed by atoms with van der Waals surface area (Å²) in [5, 5.41) is 7.75. The Morgan fingerprint density at radius 3 is 2.52 bits per heavy atom. The largest absolute Gasteiger partial charge is 0.417 e. The highest BCUT2D eigenvalue weighted by molar-refractivity contribution is 7.99. The summed E-state index contributed by atoms with van der Waals surface area (Å²) in [6.45, 7) is 3.77. The number of Topliss-reactive ketones (excluding diaryl/α,β-unsaturated/α-hetero) is 1. The van der Waals surface area contributed by atoms with Gasteiger partial charge in [-0.1, -0.05) is 41.6 Å². The molecule has 0 N–H and O–H groups in total. The maximum atomic E-state index is 13.1. The number of alkyl halides is 3. The number of hydrogen-bond acceptors (Lipinski definition) is 4. The lowest BCUT2D eigenvalue weighted by atomic mass is 10.2. The van der Waals surface area contributed by atoms with E-state index < -0.39 is 11.7 Å². The molecule has 4 rings (SSSR count). The first kappa shape index (κ1) is 21.5. The third-order valence-electron chi connectivity index (χ3n) is 4.83. The van der Waals surface area contributed by atoms with Crippen LogP contribution in [0.15, 0.2) is 53.8 Å². The fourth-order valence-corrected chi connectivity index (χ4v) is 4.45. The maximum absolute atomic E-state index is 13.1. The number of ketones is 1. The summed E-state index contributed by atoms with van der Waals surface area (Å²) in [6.07, 6.45) is -3.68. The molecule has 5 nitrogen and oxygen atoms in total. The van der Waals surface area contributed by atoms with Gasteiger partial charge < -0.3 is 4.57 Å². The molecule has 0 unspecified atom stereocenters. The van der Waals surface area contributed by atoms with Crippen molar-refractivity contribution in [2.75, 3.05) is 5.75 Å². The number of halogens is 4. The van der Waals surface area contributed by atoms with Crippen LogP contribution < -0.4 is 0 Å². The number of pyridine rings is 1. The van der Waals surface area contributed by atoms with E-state index in [-0.39, 0.29) is 27.4 Å². The average molecular weight is 465 g/mol. The van der Waals surface area contributed by atoms with Gasteiger partial charge in [0, 0.05) is 28.8 Å². The second-order valence-electron chi connectivity index (χ2n) is 6.92. The highest BCUT2D eigenvalue weighted by Crippen LogP contribution is 2.33. The first-order valence-corrected chi connectivity index (χ1v) is 10.5. The van der Waals surface area contributed by atoms with E-state index in [0.717, 1.165) is 45.5 Å². The lowest BCUT2D eigenvalue weighted by molar-refractivity contribution is -0.137. The summed E-state index contributed by atoms with van der Waals surface area (Å²) >= 11 is 6.95. The monoisotopic (exact) mass is 464 g/mol. The number of para-hydroxylation sites is 1. The molecule has 0 aliphatic carbocycles. The third-order valence-corrected chi connectivity index (χ3v) is 6.06. The van der Waals surface area contributed by atoms with E-state index >= 15 is 0 Å². The molecule has 160 valence electrons. The summed E-state index contributed by atoms with van der Waals surface area (Å²) in [5.41, 5.74) is 2.39. The zero-order chi connectivity index (χ0) is 22.3. The molecule has 0 amide bonds. The molecule has 0 aliphatic rings. The van der Waals surface area contributed by atoms with Gasteiger partial charge in [-0.3, -0.25) is 9.20 Å². The molecule has 0 bridgehead atoms. The summed E-state index contributed by atoms with van der Waals surface area (Å²) in [4.78, 5) is 12.9. The number of carbonyl (C=O) groups is 1. The summed E-state index contributed by atoms with van der Waals surface area (Å²) in [7, 11) is 0. The van der Waals surface area contributed by atoms with E-state index in [0.29, 0.717) is 5.56 Å². The van der Waals surface area contributed by atoms with E-state index in [1.165, 1.54) is 0 Å². The average Bonchev–Trinajstić information content (AvgIpc) is 3.27. The van der Waals surface area contributed by atoms with E-state index in [1.54, 1.807) is 0 Å². The van der Waals surface area contributed by atoms with Gasteiger partial charge in [-0.15, -0.1) is 10.2 Å². The zero-order valence-electron chi connectivity index (χ0n) is 16.4. The van der Waals surface area contributed by atoms with Crippen LogP contribution in [0.2, 0.25) is 5.02 Å². The van der Waals surface area contributed by atoms with Crippen LogP contribution in [0.25, 0.3) is 11.3 Å². The predicted octanol–water partition coefficient (Wildman–Crippen LogP) is 5.78. The van der Waals surface area contributed by atoms with Crippen LogP contribution in [-0.4, -0.2) is 30.7 Å². The smallest absolute Gasteiger partial charge is 0.318 e. The first-order chi connectivity index (χ1) is 14.7. The first-order valence-electron chi connectivity index (χ1n) is 9.18. The van der Waals surface area contributed by atoms with Crippen molar-refractivity contribution in [3.8, 4) is 5.69 Å². The molecular formula is C21H16ClF3N4OS. The number of thioether (sulfide) groups is 1. The third kappa shape index (κ3) is 4.07. The Morgan fingerprint density at radius 1 is 1.13 bits per heavy atom. The molecule has 0 fully saturated rings. The Kier molecular flexibility index (Phi) is 5.57. The van der Waals surface area contributed by atoms with Crippen LogP contribution in [0.5, 0.6) is 0 Å². The van der Waals surface area contributed by atoms with Crippen molar-refractivity contribution in [3.05, 3.63) is 76.2 Å². The second-order valence-corrected chi connectivity index (χ2v) is 8.27. The number of carbonyl (C=O) groups excluding carboxylic acids is 1. The van der Waals surface area contributed by atoms with Crippen LogP contribution >= 0.6 is 23.4 Å². The van der Waals surface area contributed by atoms with E-state index in [9.17, 15) is 18.0 Å². The predicted molar refractivity (Wildman–Crippen MR) is 113 cm³/mol. The van der Waals surface area contributed by atoms with Gasteiger partial charge in [-0.05, 0) is 38.1 Å². The van der Waals surface area contributed by atoms with E-state index in [1.807, 2.05) is 54.8 Å². The molecule has 0 spiro atoms. The van der Waals surface area contributed by atoms with Gasteiger partial charge in [0.2, 0.25) is 0 Å². The van der Waals surface area contributed by atoms with Crippen LogP contribution in [0.1, 0.15) is 27.3 Å². The summed E-state index contributed by atoms with van der Waals surface area (Å²) in [5.74, 6) is -0.164. The van der Waals surface area contributed by atoms with Crippen LogP contribution in [0.3, 0.4) is 0 Å². The molecule has 0 saturated heterocycles. The number of fused-ring (bicyclic) bond motifs is 1. The fraction of sp³-hybridized carbons (Fsp3) is 0.190. The minimum absolute atomic E-state index is 0.00621. The minimum Gasteiger partial charge on any atom is -0.318 e. The molecule has 31 heavy (non-hydrogen) atoms. The SMILES string of the molecule is Cc1cc(C(=O)CSc2nnc3c(Cl)cc(C(F)(F)F)cn23)c(C)n1-c1ccccc1.